The zero-order valence-electron chi connectivity index (χ0n) is 7.20. The number of hydrogen-bond acceptors (Lipinski definition) is 2. The summed E-state index contributed by atoms with van der Waals surface area (Å²) in [5.41, 5.74) is 1.03. The fourth-order valence-corrected chi connectivity index (χ4v) is 1.39. The van der Waals surface area contributed by atoms with E-state index in [1.807, 2.05) is 30.3 Å². The predicted molar refractivity (Wildman–Crippen MR) is 55.3 cm³/mol. The Bertz CT molecular complexity index is 493. The van der Waals surface area contributed by atoms with Crippen LogP contribution in [0.2, 0.25) is 5.02 Å². The van der Waals surface area contributed by atoms with Crippen molar-refractivity contribution in [2.24, 2.45) is 0 Å². The number of nitrogens with one attached hydrogen (secondary N) is 1. The Balaban J connectivity index is 2.64. The largest absolute Gasteiger partial charge is 0.312 e. The molecule has 0 bridgehead atoms. The Labute approximate surface area is 85.4 Å². The first-order chi connectivity index (χ1) is 6.79. The molecule has 2 aromatic rings. The smallest absolute Gasteiger partial charge is 0.270 e. The van der Waals surface area contributed by atoms with Gasteiger partial charge in [-0.05, 0) is 0 Å². The van der Waals surface area contributed by atoms with Crippen molar-refractivity contribution in [3.05, 3.63) is 52.0 Å². The molecule has 0 fully saturated rings. The average Bonchev–Trinajstić information content (AvgIpc) is 2.23. The Hall–Kier alpha value is -1.61. The third-order valence-corrected chi connectivity index (χ3v) is 2.19. The molecule has 0 unspecified atom stereocenters. The van der Waals surface area contributed by atoms with E-state index in [-0.39, 0.29) is 10.6 Å². The highest BCUT2D eigenvalue weighted by Gasteiger charge is 2.06. The molecule has 3 nitrogen and oxygen atoms in total. The quantitative estimate of drug-likeness (QED) is 0.777. The van der Waals surface area contributed by atoms with Gasteiger partial charge in [-0.15, -0.1) is 0 Å². The van der Waals surface area contributed by atoms with Gasteiger partial charge in [0, 0.05) is 5.56 Å². The van der Waals surface area contributed by atoms with Crippen LogP contribution in [0.4, 0.5) is 0 Å². The summed E-state index contributed by atoms with van der Waals surface area (Å²) in [4.78, 5) is 17.6. The molecular formula is C10H7ClN2O. The Kier molecular flexibility index (Phi) is 2.33. The topological polar surface area (TPSA) is 45.8 Å². The number of rotatable bonds is 1. The van der Waals surface area contributed by atoms with Crippen LogP contribution in [0.25, 0.3) is 11.3 Å². The molecule has 0 aliphatic carbocycles. The number of hydrogen-bond donors (Lipinski definition) is 1. The first-order valence-corrected chi connectivity index (χ1v) is 4.45. The van der Waals surface area contributed by atoms with Crippen molar-refractivity contribution in [2.75, 3.05) is 0 Å². The zero-order chi connectivity index (χ0) is 9.97. The van der Waals surface area contributed by atoms with Gasteiger partial charge >= 0.3 is 0 Å². The van der Waals surface area contributed by atoms with Crippen molar-refractivity contribution in [2.45, 2.75) is 0 Å². The van der Waals surface area contributed by atoms with Gasteiger partial charge in [-0.2, -0.15) is 0 Å². The molecule has 0 amide bonds. The maximum absolute atomic E-state index is 11.2. The average molecular weight is 207 g/mol. The van der Waals surface area contributed by atoms with Crippen LogP contribution in [-0.4, -0.2) is 9.97 Å². The summed E-state index contributed by atoms with van der Waals surface area (Å²) >= 11 is 5.82. The lowest BCUT2D eigenvalue weighted by Gasteiger charge is -2.00. The number of halogens is 1. The molecule has 0 spiro atoms. The van der Waals surface area contributed by atoms with Crippen LogP contribution in [0.1, 0.15) is 0 Å². The zero-order valence-corrected chi connectivity index (χ0v) is 7.95. The van der Waals surface area contributed by atoms with Crippen molar-refractivity contribution in [3.63, 3.8) is 0 Å². The van der Waals surface area contributed by atoms with Gasteiger partial charge in [-0.1, -0.05) is 41.9 Å². The van der Waals surface area contributed by atoms with Gasteiger partial charge in [0.1, 0.15) is 5.02 Å². The van der Waals surface area contributed by atoms with E-state index in [1.54, 1.807) is 0 Å². The molecule has 1 aromatic heterocycles. The van der Waals surface area contributed by atoms with E-state index in [1.165, 1.54) is 6.33 Å². The lowest BCUT2D eigenvalue weighted by atomic mass is 10.1. The van der Waals surface area contributed by atoms with Gasteiger partial charge in [0.25, 0.3) is 5.56 Å². The highest BCUT2D eigenvalue weighted by molar-refractivity contribution is 6.32. The van der Waals surface area contributed by atoms with Crippen molar-refractivity contribution < 1.29 is 0 Å². The molecule has 0 saturated heterocycles. The first kappa shape index (κ1) is 8.97. The van der Waals surface area contributed by atoms with E-state index in [4.69, 9.17) is 11.6 Å². The first-order valence-electron chi connectivity index (χ1n) is 4.07. The summed E-state index contributed by atoms with van der Waals surface area (Å²) in [7, 11) is 0. The molecule has 0 atom stereocenters. The molecule has 4 heteroatoms. The van der Waals surface area contributed by atoms with Crippen LogP contribution in [-0.2, 0) is 0 Å². The lowest BCUT2D eigenvalue weighted by Crippen LogP contribution is -2.07. The van der Waals surface area contributed by atoms with E-state index >= 15 is 0 Å². The number of aromatic amines is 1. The van der Waals surface area contributed by atoms with Gasteiger partial charge in [-0.25, -0.2) is 4.98 Å². The molecule has 1 heterocycles. The fourth-order valence-electron chi connectivity index (χ4n) is 1.18. The number of H-pyrrole nitrogens is 1. The minimum absolute atomic E-state index is 0.124. The van der Waals surface area contributed by atoms with E-state index in [0.717, 1.165) is 5.56 Å². The van der Waals surface area contributed by atoms with Gasteiger partial charge in [-0.3, -0.25) is 4.79 Å². The Morgan fingerprint density at radius 2 is 1.93 bits per heavy atom. The van der Waals surface area contributed by atoms with Crippen LogP contribution in [0.15, 0.2) is 41.5 Å². The second-order valence-electron chi connectivity index (χ2n) is 2.76. The van der Waals surface area contributed by atoms with Crippen molar-refractivity contribution in [1.29, 1.82) is 0 Å². The van der Waals surface area contributed by atoms with Crippen LogP contribution < -0.4 is 5.56 Å². The van der Waals surface area contributed by atoms with E-state index in [2.05, 4.69) is 9.97 Å². The molecule has 70 valence electrons. The summed E-state index contributed by atoms with van der Waals surface area (Å²) in [6, 6.07) is 9.34. The molecule has 14 heavy (non-hydrogen) atoms. The Morgan fingerprint density at radius 1 is 1.21 bits per heavy atom. The summed E-state index contributed by atoms with van der Waals surface area (Å²) < 4.78 is 0. The summed E-state index contributed by atoms with van der Waals surface area (Å²) in [6.45, 7) is 0. The Morgan fingerprint density at radius 3 is 2.64 bits per heavy atom. The third kappa shape index (κ3) is 1.54. The van der Waals surface area contributed by atoms with Crippen LogP contribution in [0, 0.1) is 0 Å². The third-order valence-electron chi connectivity index (χ3n) is 1.84. The van der Waals surface area contributed by atoms with E-state index < -0.39 is 0 Å². The van der Waals surface area contributed by atoms with E-state index in [9.17, 15) is 4.79 Å². The summed E-state index contributed by atoms with van der Waals surface area (Å²) in [6.07, 6.45) is 1.34. The normalized spacial score (nSPS) is 10.1. The van der Waals surface area contributed by atoms with Crippen LogP contribution >= 0.6 is 11.6 Å². The summed E-state index contributed by atoms with van der Waals surface area (Å²) in [5.74, 6) is 0. The summed E-state index contributed by atoms with van der Waals surface area (Å²) in [5, 5.41) is 0.124. The maximum Gasteiger partial charge on any atom is 0.270 e. The number of nitrogens with zero attached hydrogens (tertiary/aromatic N) is 1. The van der Waals surface area contributed by atoms with Gasteiger partial charge in [0.05, 0.1) is 12.0 Å². The SMILES string of the molecule is O=c1[nH]cnc(-c2ccccc2)c1Cl. The van der Waals surface area contributed by atoms with Gasteiger partial charge in [0.15, 0.2) is 0 Å². The highest BCUT2D eigenvalue weighted by Crippen LogP contribution is 2.20. The van der Waals surface area contributed by atoms with Crippen molar-refractivity contribution in [1.82, 2.24) is 9.97 Å². The number of aromatic nitrogens is 2. The minimum Gasteiger partial charge on any atom is -0.312 e. The second-order valence-corrected chi connectivity index (χ2v) is 3.14. The van der Waals surface area contributed by atoms with Crippen LogP contribution in [0.5, 0.6) is 0 Å². The van der Waals surface area contributed by atoms with Crippen molar-refractivity contribution in [3.8, 4) is 11.3 Å². The molecule has 1 aromatic carbocycles. The van der Waals surface area contributed by atoms with Crippen LogP contribution in [0.3, 0.4) is 0 Å². The highest BCUT2D eigenvalue weighted by atomic mass is 35.5. The minimum atomic E-state index is -0.319. The van der Waals surface area contributed by atoms with Crippen molar-refractivity contribution >= 4 is 11.6 Å². The standard InChI is InChI=1S/C10H7ClN2O/c11-8-9(12-6-13-10(8)14)7-4-2-1-3-5-7/h1-6H,(H,12,13,14). The van der Waals surface area contributed by atoms with E-state index in [0.29, 0.717) is 5.69 Å². The second kappa shape index (κ2) is 3.64. The number of benzene rings is 1. The molecule has 0 radical (unpaired) electrons. The predicted octanol–water partition coefficient (Wildman–Crippen LogP) is 2.09. The van der Waals surface area contributed by atoms with Gasteiger partial charge < -0.3 is 4.98 Å². The fraction of sp³-hybridized carbons (Fsp3) is 0. The molecule has 2 rings (SSSR count). The lowest BCUT2D eigenvalue weighted by molar-refractivity contribution is 1.12. The monoisotopic (exact) mass is 206 g/mol. The molecule has 0 saturated carbocycles. The molecule has 1 N–H and O–H groups in total. The maximum atomic E-state index is 11.2. The van der Waals surface area contributed by atoms with Gasteiger partial charge in [0.2, 0.25) is 0 Å². The molecule has 0 aliphatic heterocycles. The molecular weight excluding hydrogens is 200 g/mol. The molecule has 0 aliphatic rings.